The fraction of sp³-hybridized carbons (Fsp3) is 0.150. The van der Waals surface area contributed by atoms with Crippen molar-refractivity contribution in [1.29, 1.82) is 0 Å². The molecule has 2 aromatic carbocycles. The lowest BCUT2D eigenvalue weighted by atomic mass is 10.1. The Morgan fingerprint density at radius 3 is 2.50 bits per heavy atom. The van der Waals surface area contributed by atoms with Crippen molar-refractivity contribution in [2.45, 2.75) is 6.61 Å². The molecule has 0 aliphatic heterocycles. The second-order valence-corrected chi connectivity index (χ2v) is 5.82. The van der Waals surface area contributed by atoms with Gasteiger partial charge in [0.15, 0.2) is 0 Å². The molecule has 0 fully saturated rings. The summed E-state index contributed by atoms with van der Waals surface area (Å²) in [5.41, 5.74) is 4.77. The number of para-hydroxylation sites is 1. The van der Waals surface area contributed by atoms with Crippen molar-refractivity contribution < 1.29 is 9.84 Å². The SMILES string of the molecule is COc1ccc(-c2nc(CO)cc3c4ccccc4n(C)c23)cc1. The van der Waals surface area contributed by atoms with Crippen molar-refractivity contribution >= 4 is 21.8 Å². The van der Waals surface area contributed by atoms with Crippen LogP contribution in [0.3, 0.4) is 0 Å². The Morgan fingerprint density at radius 2 is 1.79 bits per heavy atom. The molecule has 2 aromatic heterocycles. The van der Waals surface area contributed by atoms with Gasteiger partial charge in [-0.1, -0.05) is 18.2 Å². The van der Waals surface area contributed by atoms with Crippen molar-refractivity contribution in [2.24, 2.45) is 7.05 Å². The minimum Gasteiger partial charge on any atom is -0.497 e. The molecule has 0 radical (unpaired) electrons. The van der Waals surface area contributed by atoms with E-state index in [1.54, 1.807) is 7.11 Å². The first-order valence-electron chi connectivity index (χ1n) is 7.85. The van der Waals surface area contributed by atoms with E-state index in [0.29, 0.717) is 5.69 Å². The number of rotatable bonds is 3. The first-order chi connectivity index (χ1) is 11.7. The van der Waals surface area contributed by atoms with E-state index in [4.69, 9.17) is 4.74 Å². The van der Waals surface area contributed by atoms with Gasteiger partial charge in [-0.25, -0.2) is 4.98 Å². The highest BCUT2D eigenvalue weighted by molar-refractivity contribution is 6.11. The summed E-state index contributed by atoms with van der Waals surface area (Å²) in [5.74, 6) is 0.811. The Hall–Kier alpha value is -2.85. The van der Waals surface area contributed by atoms with Crippen LogP contribution in [0.5, 0.6) is 5.75 Å². The molecular formula is C20H18N2O2. The van der Waals surface area contributed by atoms with E-state index in [-0.39, 0.29) is 6.61 Å². The van der Waals surface area contributed by atoms with Gasteiger partial charge >= 0.3 is 0 Å². The molecule has 1 N–H and O–H groups in total. The van der Waals surface area contributed by atoms with Crippen LogP contribution in [-0.2, 0) is 13.7 Å². The van der Waals surface area contributed by atoms with Gasteiger partial charge in [-0.15, -0.1) is 0 Å². The summed E-state index contributed by atoms with van der Waals surface area (Å²) in [6.45, 7) is -0.0810. The molecule has 0 saturated carbocycles. The Balaban J connectivity index is 2.09. The lowest BCUT2D eigenvalue weighted by Gasteiger charge is -2.09. The first-order valence-corrected chi connectivity index (χ1v) is 7.85. The zero-order chi connectivity index (χ0) is 16.7. The van der Waals surface area contributed by atoms with Gasteiger partial charge in [0.1, 0.15) is 5.75 Å². The van der Waals surface area contributed by atoms with Gasteiger partial charge in [-0.3, -0.25) is 0 Å². The van der Waals surface area contributed by atoms with Gasteiger partial charge in [0, 0.05) is 28.9 Å². The summed E-state index contributed by atoms with van der Waals surface area (Å²) >= 11 is 0. The molecule has 24 heavy (non-hydrogen) atoms. The van der Waals surface area contributed by atoms with Gasteiger partial charge in [-0.2, -0.15) is 0 Å². The van der Waals surface area contributed by atoms with Crippen LogP contribution >= 0.6 is 0 Å². The quantitative estimate of drug-likeness (QED) is 0.623. The number of fused-ring (bicyclic) bond motifs is 3. The monoisotopic (exact) mass is 318 g/mol. The largest absolute Gasteiger partial charge is 0.497 e. The first kappa shape index (κ1) is 14.7. The molecule has 4 rings (SSSR count). The number of aliphatic hydroxyl groups excluding tert-OH is 1. The summed E-state index contributed by atoms with van der Waals surface area (Å²) in [6, 6.07) is 18.1. The molecule has 4 heteroatoms. The van der Waals surface area contributed by atoms with Crippen LogP contribution in [0, 0.1) is 0 Å². The molecule has 0 unspecified atom stereocenters. The van der Waals surface area contributed by atoms with Crippen molar-refractivity contribution in [3.8, 4) is 17.0 Å². The molecule has 0 bridgehead atoms. The van der Waals surface area contributed by atoms with E-state index in [1.807, 2.05) is 42.5 Å². The number of hydrogen-bond acceptors (Lipinski definition) is 3. The van der Waals surface area contributed by atoms with E-state index in [9.17, 15) is 5.11 Å². The highest BCUT2D eigenvalue weighted by Crippen LogP contribution is 2.35. The number of nitrogens with zero attached hydrogens (tertiary/aromatic N) is 2. The van der Waals surface area contributed by atoms with Crippen LogP contribution in [0.1, 0.15) is 5.69 Å². The van der Waals surface area contributed by atoms with Gasteiger partial charge in [0.05, 0.1) is 30.6 Å². The van der Waals surface area contributed by atoms with Crippen LogP contribution < -0.4 is 4.74 Å². The van der Waals surface area contributed by atoms with E-state index < -0.39 is 0 Å². The van der Waals surface area contributed by atoms with Crippen LogP contribution in [0.2, 0.25) is 0 Å². The second-order valence-electron chi connectivity index (χ2n) is 5.82. The predicted octanol–water partition coefficient (Wildman–Crippen LogP) is 3.89. The Kier molecular flexibility index (Phi) is 3.47. The average Bonchev–Trinajstić information content (AvgIpc) is 2.94. The van der Waals surface area contributed by atoms with E-state index in [1.165, 1.54) is 5.39 Å². The van der Waals surface area contributed by atoms with Gasteiger partial charge in [-0.05, 0) is 36.4 Å². The highest BCUT2D eigenvalue weighted by Gasteiger charge is 2.15. The number of aliphatic hydroxyl groups is 1. The number of ether oxygens (including phenoxy) is 1. The zero-order valence-electron chi connectivity index (χ0n) is 13.7. The summed E-state index contributed by atoms with van der Waals surface area (Å²) in [4.78, 5) is 4.69. The van der Waals surface area contributed by atoms with Crippen molar-refractivity contribution in [2.75, 3.05) is 7.11 Å². The number of aromatic nitrogens is 2. The number of aryl methyl sites for hydroxylation is 1. The van der Waals surface area contributed by atoms with E-state index in [2.05, 4.69) is 28.7 Å². The third-order valence-electron chi connectivity index (χ3n) is 4.46. The van der Waals surface area contributed by atoms with E-state index >= 15 is 0 Å². The Morgan fingerprint density at radius 1 is 1.04 bits per heavy atom. The molecule has 0 atom stereocenters. The lowest BCUT2D eigenvalue weighted by molar-refractivity contribution is 0.277. The molecule has 0 saturated heterocycles. The molecule has 120 valence electrons. The third kappa shape index (κ3) is 2.15. The van der Waals surface area contributed by atoms with Crippen LogP contribution in [0.15, 0.2) is 54.6 Å². The summed E-state index contributed by atoms with van der Waals surface area (Å²) in [7, 11) is 3.71. The zero-order valence-corrected chi connectivity index (χ0v) is 13.7. The molecular weight excluding hydrogens is 300 g/mol. The minimum atomic E-state index is -0.0810. The van der Waals surface area contributed by atoms with E-state index in [0.717, 1.165) is 33.4 Å². The van der Waals surface area contributed by atoms with Gasteiger partial charge < -0.3 is 14.4 Å². The second kappa shape index (κ2) is 5.65. The van der Waals surface area contributed by atoms with Crippen LogP contribution in [-0.4, -0.2) is 21.8 Å². The van der Waals surface area contributed by atoms with Crippen LogP contribution in [0.25, 0.3) is 33.1 Å². The molecule has 2 heterocycles. The lowest BCUT2D eigenvalue weighted by Crippen LogP contribution is -1.97. The molecule has 4 aromatic rings. The van der Waals surface area contributed by atoms with Crippen molar-refractivity contribution in [3.05, 3.63) is 60.3 Å². The smallest absolute Gasteiger partial charge is 0.118 e. The summed E-state index contributed by atoms with van der Waals surface area (Å²) < 4.78 is 7.41. The Bertz CT molecular complexity index is 1030. The molecule has 0 aliphatic rings. The molecule has 0 aliphatic carbocycles. The molecule has 0 spiro atoms. The predicted molar refractivity (Wildman–Crippen MR) is 96.1 cm³/mol. The average molecular weight is 318 g/mol. The highest BCUT2D eigenvalue weighted by atomic mass is 16.5. The number of benzene rings is 2. The fourth-order valence-electron chi connectivity index (χ4n) is 3.28. The van der Waals surface area contributed by atoms with Crippen LogP contribution in [0.4, 0.5) is 0 Å². The maximum atomic E-state index is 9.64. The molecule has 4 nitrogen and oxygen atoms in total. The maximum absolute atomic E-state index is 9.64. The number of hydrogen-bond donors (Lipinski definition) is 1. The maximum Gasteiger partial charge on any atom is 0.118 e. The third-order valence-corrected chi connectivity index (χ3v) is 4.46. The molecule has 0 amide bonds. The minimum absolute atomic E-state index is 0.0810. The Labute approximate surface area is 139 Å². The summed E-state index contributed by atoms with van der Waals surface area (Å²) in [6.07, 6.45) is 0. The summed E-state index contributed by atoms with van der Waals surface area (Å²) in [5, 5.41) is 11.9. The van der Waals surface area contributed by atoms with Gasteiger partial charge in [0.2, 0.25) is 0 Å². The standard InChI is InChI=1S/C20H18N2O2/c1-22-18-6-4-3-5-16(18)17-11-14(12-23)21-19(20(17)22)13-7-9-15(24-2)10-8-13/h3-11,23H,12H2,1-2H3. The normalized spacial score (nSPS) is 11.3. The van der Waals surface area contributed by atoms with Gasteiger partial charge in [0.25, 0.3) is 0 Å². The number of pyridine rings is 1. The topological polar surface area (TPSA) is 47.3 Å². The van der Waals surface area contributed by atoms with Crippen molar-refractivity contribution in [3.63, 3.8) is 0 Å². The van der Waals surface area contributed by atoms with Crippen molar-refractivity contribution in [1.82, 2.24) is 9.55 Å². The number of methoxy groups -OCH3 is 1. The fourth-order valence-corrected chi connectivity index (χ4v) is 3.28.